The van der Waals surface area contributed by atoms with Gasteiger partial charge in [0.05, 0.1) is 9.79 Å². The minimum absolute atomic E-state index is 0.247. The third-order valence-electron chi connectivity index (χ3n) is 5.47. The van der Waals surface area contributed by atoms with Crippen LogP contribution in [0.2, 0.25) is 0 Å². The molecule has 120 valence electrons. The summed E-state index contributed by atoms with van der Waals surface area (Å²) in [6, 6.07) is 15.0. The summed E-state index contributed by atoms with van der Waals surface area (Å²) in [6.07, 6.45) is 4.49. The first-order valence-corrected chi connectivity index (χ1v) is 9.67. The highest BCUT2D eigenvalue weighted by molar-refractivity contribution is 7.91. The Labute approximate surface area is 137 Å². The predicted octanol–water partition coefficient (Wildman–Crippen LogP) is 3.09. The van der Waals surface area contributed by atoms with Crippen molar-refractivity contribution in [2.24, 2.45) is 0 Å². The Morgan fingerprint density at radius 2 is 1.87 bits per heavy atom. The van der Waals surface area contributed by atoms with E-state index in [1.165, 1.54) is 24.0 Å². The Morgan fingerprint density at radius 3 is 2.57 bits per heavy atom. The van der Waals surface area contributed by atoms with Gasteiger partial charge < -0.3 is 5.32 Å². The first kappa shape index (κ1) is 14.9. The van der Waals surface area contributed by atoms with Crippen LogP contribution >= 0.6 is 0 Å². The van der Waals surface area contributed by atoms with Crippen molar-refractivity contribution in [1.82, 2.24) is 5.32 Å². The van der Waals surface area contributed by atoms with Gasteiger partial charge in [0, 0.05) is 11.5 Å². The third kappa shape index (κ3) is 2.24. The van der Waals surface area contributed by atoms with Crippen molar-refractivity contribution in [3.05, 3.63) is 59.7 Å². The molecule has 0 saturated heterocycles. The standard InChI is InChI=1S/C19H21NO2S/c1-20-18-13-19(18)11-5-6-14-12-16(9-10-17(14)19)23(21,22)15-7-3-2-4-8-15/h2-4,7-10,12,18,20H,5-6,11,13H2,1H3/t18?,19-/m0/s1. The molecule has 0 radical (unpaired) electrons. The van der Waals surface area contributed by atoms with Crippen LogP contribution in [0.25, 0.3) is 0 Å². The van der Waals surface area contributed by atoms with E-state index in [0.29, 0.717) is 15.8 Å². The molecule has 1 fully saturated rings. The van der Waals surface area contributed by atoms with Crippen molar-refractivity contribution in [1.29, 1.82) is 0 Å². The van der Waals surface area contributed by atoms with E-state index >= 15 is 0 Å². The topological polar surface area (TPSA) is 46.2 Å². The van der Waals surface area contributed by atoms with E-state index < -0.39 is 9.84 Å². The second-order valence-electron chi connectivity index (χ2n) is 6.69. The van der Waals surface area contributed by atoms with Crippen LogP contribution in [0.1, 0.15) is 30.4 Å². The molecule has 4 heteroatoms. The van der Waals surface area contributed by atoms with Gasteiger partial charge in [-0.3, -0.25) is 0 Å². The van der Waals surface area contributed by atoms with Gasteiger partial charge in [0.2, 0.25) is 9.84 Å². The van der Waals surface area contributed by atoms with Crippen LogP contribution in [-0.2, 0) is 21.7 Å². The van der Waals surface area contributed by atoms with E-state index in [-0.39, 0.29) is 5.41 Å². The first-order chi connectivity index (χ1) is 11.1. The Bertz CT molecular complexity index is 845. The van der Waals surface area contributed by atoms with Crippen LogP contribution in [0.5, 0.6) is 0 Å². The van der Waals surface area contributed by atoms with Crippen molar-refractivity contribution >= 4 is 9.84 Å². The number of likely N-dealkylation sites (N-methyl/N-ethyl adjacent to an activating group) is 1. The van der Waals surface area contributed by atoms with Crippen LogP contribution in [-0.4, -0.2) is 21.5 Å². The van der Waals surface area contributed by atoms with Crippen molar-refractivity contribution in [3.63, 3.8) is 0 Å². The zero-order chi connectivity index (χ0) is 16.1. The molecule has 4 rings (SSSR count). The highest BCUT2D eigenvalue weighted by Crippen LogP contribution is 2.55. The maximum absolute atomic E-state index is 12.8. The van der Waals surface area contributed by atoms with Gasteiger partial charge in [-0.1, -0.05) is 24.3 Å². The minimum Gasteiger partial charge on any atom is -0.316 e. The lowest BCUT2D eigenvalue weighted by molar-refractivity contribution is 0.506. The number of fused-ring (bicyclic) bond motifs is 2. The smallest absolute Gasteiger partial charge is 0.206 e. The molecule has 0 aromatic heterocycles. The molecular formula is C19H21NO2S. The predicted molar refractivity (Wildman–Crippen MR) is 90.4 cm³/mol. The molecular weight excluding hydrogens is 306 g/mol. The van der Waals surface area contributed by atoms with Crippen LogP contribution in [0, 0.1) is 0 Å². The van der Waals surface area contributed by atoms with Gasteiger partial charge in [0.15, 0.2) is 0 Å². The molecule has 2 aliphatic carbocycles. The van der Waals surface area contributed by atoms with Crippen molar-refractivity contribution in [3.8, 4) is 0 Å². The van der Waals surface area contributed by atoms with Crippen LogP contribution in [0.3, 0.4) is 0 Å². The first-order valence-electron chi connectivity index (χ1n) is 8.19. The van der Waals surface area contributed by atoms with Crippen molar-refractivity contribution < 1.29 is 8.42 Å². The lowest BCUT2D eigenvalue weighted by Crippen LogP contribution is -2.26. The number of rotatable bonds is 3. The summed E-state index contributed by atoms with van der Waals surface area (Å²) < 4.78 is 25.6. The largest absolute Gasteiger partial charge is 0.316 e. The van der Waals surface area contributed by atoms with Crippen LogP contribution < -0.4 is 5.32 Å². The summed E-state index contributed by atoms with van der Waals surface area (Å²) in [4.78, 5) is 0.783. The Kier molecular flexibility index (Phi) is 3.36. The molecule has 2 atom stereocenters. The zero-order valence-electron chi connectivity index (χ0n) is 13.2. The fourth-order valence-electron chi connectivity index (χ4n) is 4.15. The Hall–Kier alpha value is -1.65. The highest BCUT2D eigenvalue weighted by atomic mass is 32.2. The molecule has 2 aliphatic rings. The molecule has 0 amide bonds. The van der Waals surface area contributed by atoms with Gasteiger partial charge in [-0.2, -0.15) is 0 Å². The summed E-state index contributed by atoms with van der Waals surface area (Å²) in [7, 11) is -1.41. The van der Waals surface area contributed by atoms with Gasteiger partial charge >= 0.3 is 0 Å². The molecule has 1 saturated carbocycles. The molecule has 2 aromatic carbocycles. The number of benzene rings is 2. The highest BCUT2D eigenvalue weighted by Gasteiger charge is 2.55. The van der Waals surface area contributed by atoms with Crippen LogP contribution in [0.15, 0.2) is 58.3 Å². The number of sulfone groups is 1. The fourth-order valence-corrected chi connectivity index (χ4v) is 5.48. The monoisotopic (exact) mass is 327 g/mol. The van der Waals surface area contributed by atoms with Gasteiger partial charge in [0.1, 0.15) is 0 Å². The average molecular weight is 327 g/mol. The molecule has 1 unspecified atom stereocenters. The van der Waals surface area contributed by atoms with Crippen molar-refractivity contribution in [2.45, 2.75) is 46.9 Å². The molecule has 2 aromatic rings. The van der Waals surface area contributed by atoms with Crippen molar-refractivity contribution in [2.75, 3.05) is 7.05 Å². The SMILES string of the molecule is CNC1C[C@]12CCCc1cc(S(=O)(=O)c3ccccc3)ccc12. The van der Waals surface area contributed by atoms with Gasteiger partial charge in [-0.25, -0.2) is 8.42 Å². The van der Waals surface area contributed by atoms with E-state index in [0.717, 1.165) is 12.8 Å². The average Bonchev–Trinajstić information content (AvgIpc) is 3.29. The van der Waals surface area contributed by atoms with Crippen LogP contribution in [0.4, 0.5) is 0 Å². The molecule has 0 bridgehead atoms. The molecule has 0 aliphatic heterocycles. The third-order valence-corrected chi connectivity index (χ3v) is 7.24. The lowest BCUT2D eigenvalue weighted by atomic mass is 9.79. The minimum atomic E-state index is -3.42. The van der Waals surface area contributed by atoms with Gasteiger partial charge in [-0.05, 0) is 68.1 Å². The fraction of sp³-hybridized carbons (Fsp3) is 0.368. The molecule has 1 N–H and O–H groups in total. The number of hydrogen-bond donors (Lipinski definition) is 1. The second-order valence-corrected chi connectivity index (χ2v) is 8.64. The zero-order valence-corrected chi connectivity index (χ0v) is 14.1. The van der Waals surface area contributed by atoms with E-state index in [9.17, 15) is 8.42 Å². The summed E-state index contributed by atoms with van der Waals surface area (Å²) in [5.74, 6) is 0. The Balaban J connectivity index is 1.77. The van der Waals surface area contributed by atoms with E-state index in [1.54, 1.807) is 30.3 Å². The number of hydrogen-bond acceptors (Lipinski definition) is 3. The summed E-state index contributed by atoms with van der Waals surface area (Å²) in [5, 5.41) is 3.39. The molecule has 1 spiro atoms. The summed E-state index contributed by atoms with van der Waals surface area (Å²) in [5.41, 5.74) is 2.82. The maximum atomic E-state index is 12.8. The maximum Gasteiger partial charge on any atom is 0.206 e. The molecule has 3 nitrogen and oxygen atoms in total. The number of aryl methyl sites for hydroxylation is 1. The normalized spacial score (nSPS) is 26.0. The van der Waals surface area contributed by atoms with E-state index in [2.05, 4.69) is 11.4 Å². The van der Waals surface area contributed by atoms with Gasteiger partial charge in [0.25, 0.3) is 0 Å². The summed E-state index contributed by atoms with van der Waals surface area (Å²) >= 11 is 0. The summed E-state index contributed by atoms with van der Waals surface area (Å²) in [6.45, 7) is 0. The molecule has 0 heterocycles. The lowest BCUT2D eigenvalue weighted by Gasteiger charge is -2.27. The van der Waals surface area contributed by atoms with Gasteiger partial charge in [-0.15, -0.1) is 0 Å². The second kappa shape index (κ2) is 5.18. The van der Waals surface area contributed by atoms with E-state index in [4.69, 9.17) is 0 Å². The number of nitrogens with one attached hydrogen (secondary N) is 1. The molecule has 23 heavy (non-hydrogen) atoms. The quantitative estimate of drug-likeness (QED) is 0.942. The Morgan fingerprint density at radius 1 is 1.09 bits per heavy atom. The van der Waals surface area contributed by atoms with E-state index in [1.807, 2.05) is 19.2 Å².